The molecule has 0 saturated carbocycles. The Bertz CT molecular complexity index is 814. The fraction of sp³-hybridized carbons (Fsp3) is 0.222. The van der Waals surface area contributed by atoms with Crippen LogP contribution in [0.5, 0.6) is 0 Å². The second-order valence-corrected chi connectivity index (χ2v) is 6.12. The first-order chi connectivity index (χ1) is 10.5. The van der Waals surface area contributed by atoms with E-state index in [4.69, 9.17) is 4.74 Å². The Morgan fingerprint density at radius 2 is 1.91 bits per heavy atom. The summed E-state index contributed by atoms with van der Waals surface area (Å²) < 4.78 is 6.98. The third-order valence-electron chi connectivity index (χ3n) is 3.26. The van der Waals surface area contributed by atoms with E-state index in [2.05, 4.69) is 4.98 Å². The Balaban J connectivity index is 2.08. The van der Waals surface area contributed by atoms with Crippen LogP contribution in [-0.4, -0.2) is 21.2 Å². The molecule has 0 aliphatic carbocycles. The number of carbonyl (C=O) groups is 1. The van der Waals surface area contributed by atoms with E-state index >= 15 is 0 Å². The molecule has 0 aliphatic heterocycles. The summed E-state index contributed by atoms with van der Waals surface area (Å²) in [5.41, 5.74) is 2.18. The molecule has 1 aromatic carbocycles. The number of aromatic nitrogens is 2. The summed E-state index contributed by atoms with van der Waals surface area (Å²) in [5.74, 6) is 0. The van der Waals surface area contributed by atoms with Gasteiger partial charge in [0.25, 0.3) is 0 Å². The number of hydrogen-bond donors (Lipinski definition) is 0. The van der Waals surface area contributed by atoms with Gasteiger partial charge in [-0.15, -0.1) is 0 Å². The number of pyridine rings is 1. The SMILES string of the molecule is CC(C)(C)OC(=O)n1ccc2c(-c3ccccn3)cccc21. The van der Waals surface area contributed by atoms with E-state index in [9.17, 15) is 4.79 Å². The van der Waals surface area contributed by atoms with Gasteiger partial charge in [-0.05, 0) is 45.0 Å². The Hall–Kier alpha value is -2.62. The average molecular weight is 294 g/mol. The van der Waals surface area contributed by atoms with Gasteiger partial charge in [-0.25, -0.2) is 4.79 Å². The molecular formula is C18H18N2O2. The predicted octanol–water partition coefficient (Wildman–Crippen LogP) is 4.49. The summed E-state index contributed by atoms with van der Waals surface area (Å²) in [6, 6.07) is 13.5. The largest absolute Gasteiger partial charge is 0.443 e. The molecule has 3 rings (SSSR count). The molecule has 0 fully saturated rings. The lowest BCUT2D eigenvalue weighted by atomic mass is 10.1. The molecule has 2 heterocycles. The minimum atomic E-state index is -0.522. The number of nitrogens with zero attached hydrogens (tertiary/aromatic N) is 2. The molecule has 0 spiro atoms. The molecule has 3 aromatic rings. The number of carbonyl (C=O) groups excluding carboxylic acids is 1. The molecule has 0 N–H and O–H groups in total. The van der Waals surface area contributed by atoms with Crippen LogP contribution in [0.3, 0.4) is 0 Å². The van der Waals surface area contributed by atoms with Gasteiger partial charge >= 0.3 is 6.09 Å². The maximum absolute atomic E-state index is 12.3. The third kappa shape index (κ3) is 2.72. The van der Waals surface area contributed by atoms with Gasteiger partial charge in [0.2, 0.25) is 0 Å². The first kappa shape index (κ1) is 14.3. The maximum atomic E-state index is 12.3. The molecule has 2 aromatic heterocycles. The number of rotatable bonds is 1. The molecule has 0 amide bonds. The Morgan fingerprint density at radius 1 is 1.09 bits per heavy atom. The van der Waals surface area contributed by atoms with Crippen molar-refractivity contribution in [2.24, 2.45) is 0 Å². The smallest absolute Gasteiger partial charge is 0.418 e. The number of benzene rings is 1. The van der Waals surface area contributed by atoms with E-state index in [-0.39, 0.29) is 6.09 Å². The third-order valence-corrected chi connectivity index (χ3v) is 3.26. The van der Waals surface area contributed by atoms with Crippen LogP contribution in [0.2, 0.25) is 0 Å². The van der Waals surface area contributed by atoms with Crippen molar-refractivity contribution in [1.82, 2.24) is 9.55 Å². The van der Waals surface area contributed by atoms with Gasteiger partial charge in [0, 0.05) is 23.3 Å². The monoisotopic (exact) mass is 294 g/mol. The molecule has 0 radical (unpaired) electrons. The van der Waals surface area contributed by atoms with Crippen LogP contribution in [0.4, 0.5) is 4.79 Å². The average Bonchev–Trinajstić information content (AvgIpc) is 2.90. The minimum Gasteiger partial charge on any atom is -0.443 e. The van der Waals surface area contributed by atoms with Crippen LogP contribution in [-0.2, 0) is 4.74 Å². The van der Waals surface area contributed by atoms with Crippen molar-refractivity contribution < 1.29 is 9.53 Å². The molecule has 112 valence electrons. The maximum Gasteiger partial charge on any atom is 0.418 e. The van der Waals surface area contributed by atoms with Gasteiger partial charge in [-0.1, -0.05) is 18.2 Å². The Kier molecular flexibility index (Phi) is 3.45. The zero-order chi connectivity index (χ0) is 15.7. The van der Waals surface area contributed by atoms with Crippen LogP contribution < -0.4 is 0 Å². The minimum absolute atomic E-state index is 0.374. The van der Waals surface area contributed by atoms with E-state index in [0.717, 1.165) is 22.2 Å². The zero-order valence-corrected chi connectivity index (χ0v) is 12.9. The van der Waals surface area contributed by atoms with Crippen molar-refractivity contribution >= 4 is 17.0 Å². The molecule has 0 atom stereocenters. The zero-order valence-electron chi connectivity index (χ0n) is 12.9. The van der Waals surface area contributed by atoms with Crippen molar-refractivity contribution in [3.05, 3.63) is 54.9 Å². The first-order valence-corrected chi connectivity index (χ1v) is 7.20. The van der Waals surface area contributed by atoms with E-state index in [1.807, 2.05) is 63.2 Å². The predicted molar refractivity (Wildman–Crippen MR) is 86.8 cm³/mol. The molecule has 0 aliphatic rings. The van der Waals surface area contributed by atoms with Crippen LogP contribution in [0.25, 0.3) is 22.2 Å². The highest BCUT2D eigenvalue weighted by molar-refractivity contribution is 5.98. The van der Waals surface area contributed by atoms with Crippen molar-refractivity contribution in [2.75, 3.05) is 0 Å². The van der Waals surface area contributed by atoms with E-state index < -0.39 is 5.60 Å². The standard InChI is InChI=1S/C18H18N2O2/c1-18(2,3)22-17(21)20-12-10-14-13(7-6-9-16(14)20)15-8-4-5-11-19-15/h4-12H,1-3H3. The Labute approximate surface area is 129 Å². The summed E-state index contributed by atoms with van der Waals surface area (Å²) in [7, 11) is 0. The Morgan fingerprint density at radius 3 is 2.59 bits per heavy atom. The second kappa shape index (κ2) is 5.30. The number of ether oxygens (including phenoxy) is 1. The van der Waals surface area contributed by atoms with Gasteiger partial charge in [0.15, 0.2) is 0 Å². The van der Waals surface area contributed by atoms with E-state index in [1.165, 1.54) is 4.57 Å². The lowest BCUT2D eigenvalue weighted by Gasteiger charge is -2.19. The summed E-state index contributed by atoms with van der Waals surface area (Å²) in [6.07, 6.45) is 3.13. The topological polar surface area (TPSA) is 44.1 Å². The second-order valence-electron chi connectivity index (χ2n) is 6.12. The van der Waals surface area contributed by atoms with Crippen molar-refractivity contribution in [3.63, 3.8) is 0 Å². The van der Waals surface area contributed by atoms with Gasteiger partial charge in [0.1, 0.15) is 5.60 Å². The van der Waals surface area contributed by atoms with Crippen LogP contribution in [0.15, 0.2) is 54.9 Å². The molecule has 22 heavy (non-hydrogen) atoms. The van der Waals surface area contributed by atoms with Crippen molar-refractivity contribution in [3.8, 4) is 11.3 Å². The summed E-state index contributed by atoms with van der Waals surface area (Å²) in [5, 5.41) is 0.979. The summed E-state index contributed by atoms with van der Waals surface area (Å²) >= 11 is 0. The quantitative estimate of drug-likeness (QED) is 0.664. The summed E-state index contributed by atoms with van der Waals surface area (Å²) in [4.78, 5) is 16.7. The number of fused-ring (bicyclic) bond motifs is 1. The van der Waals surface area contributed by atoms with E-state index in [1.54, 1.807) is 12.4 Å². The first-order valence-electron chi connectivity index (χ1n) is 7.20. The summed E-state index contributed by atoms with van der Waals surface area (Å²) in [6.45, 7) is 5.57. The van der Waals surface area contributed by atoms with Crippen LogP contribution in [0.1, 0.15) is 20.8 Å². The lowest BCUT2D eigenvalue weighted by molar-refractivity contribution is 0.0544. The highest BCUT2D eigenvalue weighted by Gasteiger charge is 2.19. The van der Waals surface area contributed by atoms with E-state index in [0.29, 0.717) is 0 Å². The molecule has 0 unspecified atom stereocenters. The van der Waals surface area contributed by atoms with Gasteiger partial charge in [-0.2, -0.15) is 0 Å². The van der Waals surface area contributed by atoms with Crippen LogP contribution in [0, 0.1) is 0 Å². The molecule has 4 nitrogen and oxygen atoms in total. The van der Waals surface area contributed by atoms with Crippen molar-refractivity contribution in [2.45, 2.75) is 26.4 Å². The molecule has 0 saturated heterocycles. The lowest BCUT2D eigenvalue weighted by Crippen LogP contribution is -2.26. The van der Waals surface area contributed by atoms with Gasteiger partial charge in [-0.3, -0.25) is 9.55 Å². The van der Waals surface area contributed by atoms with Gasteiger partial charge < -0.3 is 4.74 Å². The fourth-order valence-electron chi connectivity index (χ4n) is 2.38. The fourth-order valence-corrected chi connectivity index (χ4v) is 2.38. The van der Waals surface area contributed by atoms with Crippen molar-refractivity contribution in [1.29, 1.82) is 0 Å². The molecular weight excluding hydrogens is 276 g/mol. The normalized spacial score (nSPS) is 11.6. The molecule has 0 bridgehead atoms. The highest BCUT2D eigenvalue weighted by Crippen LogP contribution is 2.28. The molecule has 4 heteroatoms. The highest BCUT2D eigenvalue weighted by atomic mass is 16.6. The van der Waals surface area contributed by atoms with Gasteiger partial charge in [0.05, 0.1) is 11.2 Å². The van der Waals surface area contributed by atoms with Crippen LogP contribution >= 0.6 is 0 Å². The number of hydrogen-bond acceptors (Lipinski definition) is 3.